The molecule has 0 saturated carbocycles. The number of nitrogens with zero attached hydrogens (tertiary/aromatic N) is 2. The second-order valence-corrected chi connectivity index (χ2v) is 6.86. The minimum Gasteiger partial charge on any atom is -0.303 e. The average Bonchev–Trinajstić information content (AvgIpc) is 2.59. The highest BCUT2D eigenvalue weighted by Crippen LogP contribution is 2.34. The maximum Gasteiger partial charge on any atom is 0.0965 e. The van der Waals surface area contributed by atoms with Crippen LogP contribution in [0.2, 0.25) is 0 Å². The van der Waals surface area contributed by atoms with E-state index in [9.17, 15) is 0 Å². The Morgan fingerprint density at radius 3 is 2.63 bits per heavy atom. The molecule has 0 aliphatic carbocycles. The van der Waals surface area contributed by atoms with Gasteiger partial charge in [0.15, 0.2) is 0 Å². The Morgan fingerprint density at radius 1 is 1.32 bits per heavy atom. The number of rotatable bonds is 5. The lowest BCUT2D eigenvalue weighted by Gasteiger charge is -2.30. The molecule has 0 aromatic carbocycles. The van der Waals surface area contributed by atoms with Gasteiger partial charge >= 0.3 is 0 Å². The summed E-state index contributed by atoms with van der Waals surface area (Å²) in [7, 11) is 0. The maximum atomic E-state index is 9.06. The molecule has 3 heteroatoms. The molecule has 0 aromatic heterocycles. The average molecular weight is 265 g/mol. The van der Waals surface area contributed by atoms with E-state index in [-0.39, 0.29) is 6.04 Å². The Balaban J connectivity index is 2.35. The number of nitrogens with one attached hydrogen (secondary N) is 1. The third-order valence-corrected chi connectivity index (χ3v) is 4.39. The fourth-order valence-electron chi connectivity index (χ4n) is 3.02. The van der Waals surface area contributed by atoms with Gasteiger partial charge in [0, 0.05) is 6.54 Å². The largest absolute Gasteiger partial charge is 0.303 e. The van der Waals surface area contributed by atoms with E-state index in [4.69, 9.17) is 5.26 Å². The first-order chi connectivity index (χ1) is 8.97. The van der Waals surface area contributed by atoms with Crippen LogP contribution in [0.3, 0.4) is 0 Å². The predicted octanol–water partition coefficient (Wildman–Crippen LogP) is 3.03. The second-order valence-electron chi connectivity index (χ2n) is 6.86. The summed E-state index contributed by atoms with van der Waals surface area (Å²) in [6, 6.07) is 2.37. The molecule has 1 aliphatic heterocycles. The molecule has 0 radical (unpaired) electrons. The molecule has 0 bridgehead atoms. The quantitative estimate of drug-likeness (QED) is 0.830. The van der Waals surface area contributed by atoms with Crippen LogP contribution in [0.1, 0.15) is 53.4 Å². The van der Waals surface area contributed by atoms with Gasteiger partial charge in [-0.3, -0.25) is 0 Å². The Kier molecular flexibility index (Phi) is 6.82. The minimum atomic E-state index is 0.0201. The normalized spacial score (nSPS) is 23.6. The van der Waals surface area contributed by atoms with E-state index < -0.39 is 0 Å². The summed E-state index contributed by atoms with van der Waals surface area (Å²) >= 11 is 0. The van der Waals surface area contributed by atoms with Crippen LogP contribution in [0.4, 0.5) is 0 Å². The van der Waals surface area contributed by atoms with Gasteiger partial charge in [-0.1, -0.05) is 27.7 Å². The van der Waals surface area contributed by atoms with Crippen molar-refractivity contribution in [1.29, 1.82) is 5.26 Å². The predicted molar refractivity (Wildman–Crippen MR) is 80.9 cm³/mol. The third-order valence-electron chi connectivity index (χ3n) is 4.39. The molecular formula is C16H31N3. The van der Waals surface area contributed by atoms with Crippen LogP contribution in [0.15, 0.2) is 0 Å². The maximum absolute atomic E-state index is 9.06. The van der Waals surface area contributed by atoms with Gasteiger partial charge in [0.05, 0.1) is 12.1 Å². The second kappa shape index (κ2) is 7.87. The van der Waals surface area contributed by atoms with Crippen molar-refractivity contribution < 1.29 is 0 Å². The molecular weight excluding hydrogens is 234 g/mol. The van der Waals surface area contributed by atoms with Crippen molar-refractivity contribution in [3.63, 3.8) is 0 Å². The van der Waals surface area contributed by atoms with Crippen LogP contribution in [0.5, 0.6) is 0 Å². The first-order valence-corrected chi connectivity index (χ1v) is 7.82. The smallest absolute Gasteiger partial charge is 0.0965 e. The van der Waals surface area contributed by atoms with Crippen LogP contribution in [-0.4, -0.2) is 37.1 Å². The zero-order chi connectivity index (χ0) is 14.3. The van der Waals surface area contributed by atoms with Crippen molar-refractivity contribution in [2.75, 3.05) is 26.2 Å². The number of hydrogen-bond donors (Lipinski definition) is 1. The van der Waals surface area contributed by atoms with Crippen molar-refractivity contribution in [1.82, 2.24) is 10.2 Å². The Morgan fingerprint density at radius 2 is 2.05 bits per heavy atom. The van der Waals surface area contributed by atoms with E-state index in [1.807, 2.05) is 0 Å². The SMILES string of the molecule is CCNC(C#N)CCN1CCCC(C(C)(C)C)CC1. The third kappa shape index (κ3) is 5.93. The molecule has 1 saturated heterocycles. The summed E-state index contributed by atoms with van der Waals surface area (Å²) in [5, 5.41) is 12.3. The highest BCUT2D eigenvalue weighted by Gasteiger charge is 2.27. The molecule has 1 heterocycles. The molecule has 2 atom stereocenters. The van der Waals surface area contributed by atoms with Gasteiger partial charge in [-0.05, 0) is 56.7 Å². The first kappa shape index (κ1) is 16.5. The number of likely N-dealkylation sites (tertiary alicyclic amines) is 1. The molecule has 0 amide bonds. The molecule has 110 valence electrons. The van der Waals surface area contributed by atoms with E-state index in [2.05, 4.69) is 44.0 Å². The molecule has 0 aromatic rings. The number of nitriles is 1. The van der Waals surface area contributed by atoms with E-state index >= 15 is 0 Å². The summed E-state index contributed by atoms with van der Waals surface area (Å²) in [4.78, 5) is 2.55. The van der Waals surface area contributed by atoms with Crippen molar-refractivity contribution in [3.05, 3.63) is 0 Å². The zero-order valence-corrected chi connectivity index (χ0v) is 13.2. The standard InChI is InChI=1S/C16H31N3/c1-5-18-15(13-17)9-12-19-10-6-7-14(8-11-19)16(2,3)4/h14-15,18H,5-12H2,1-4H3. The lowest BCUT2D eigenvalue weighted by atomic mass is 9.77. The summed E-state index contributed by atoms with van der Waals surface area (Å²) in [6.45, 7) is 13.5. The van der Waals surface area contributed by atoms with E-state index in [1.165, 1.54) is 32.4 Å². The van der Waals surface area contributed by atoms with Crippen LogP contribution in [0.25, 0.3) is 0 Å². The van der Waals surface area contributed by atoms with Crippen LogP contribution in [0, 0.1) is 22.7 Å². The van der Waals surface area contributed by atoms with Crippen molar-refractivity contribution in [3.8, 4) is 6.07 Å². The Bertz CT molecular complexity index is 287. The van der Waals surface area contributed by atoms with Crippen molar-refractivity contribution in [2.45, 2.75) is 59.4 Å². The summed E-state index contributed by atoms with van der Waals surface area (Å²) in [5.41, 5.74) is 0.439. The summed E-state index contributed by atoms with van der Waals surface area (Å²) in [6.07, 6.45) is 4.92. The molecule has 19 heavy (non-hydrogen) atoms. The topological polar surface area (TPSA) is 39.1 Å². The Hall–Kier alpha value is -0.590. The van der Waals surface area contributed by atoms with Crippen molar-refractivity contribution in [2.24, 2.45) is 11.3 Å². The van der Waals surface area contributed by atoms with Gasteiger partial charge in [-0.15, -0.1) is 0 Å². The highest BCUT2D eigenvalue weighted by molar-refractivity contribution is 4.90. The fourth-order valence-corrected chi connectivity index (χ4v) is 3.02. The number of hydrogen-bond acceptors (Lipinski definition) is 3. The van der Waals surface area contributed by atoms with Crippen LogP contribution >= 0.6 is 0 Å². The van der Waals surface area contributed by atoms with Gasteiger partial charge in [-0.2, -0.15) is 5.26 Å². The lowest BCUT2D eigenvalue weighted by Crippen LogP contribution is -2.34. The van der Waals surface area contributed by atoms with E-state index in [1.54, 1.807) is 0 Å². The van der Waals surface area contributed by atoms with Crippen molar-refractivity contribution >= 4 is 0 Å². The van der Waals surface area contributed by atoms with Gasteiger partial charge in [0.25, 0.3) is 0 Å². The minimum absolute atomic E-state index is 0.0201. The summed E-state index contributed by atoms with van der Waals surface area (Å²) < 4.78 is 0. The van der Waals surface area contributed by atoms with E-state index in [0.29, 0.717) is 5.41 Å². The molecule has 0 spiro atoms. The lowest BCUT2D eigenvalue weighted by molar-refractivity contribution is 0.207. The highest BCUT2D eigenvalue weighted by atomic mass is 15.1. The molecule has 2 unspecified atom stereocenters. The van der Waals surface area contributed by atoms with Crippen LogP contribution in [-0.2, 0) is 0 Å². The van der Waals surface area contributed by atoms with E-state index in [0.717, 1.165) is 25.4 Å². The molecule has 1 fully saturated rings. The zero-order valence-electron chi connectivity index (χ0n) is 13.2. The molecule has 1 rings (SSSR count). The molecule has 1 N–H and O–H groups in total. The van der Waals surface area contributed by atoms with Gasteiger partial charge in [0.1, 0.15) is 0 Å². The molecule has 3 nitrogen and oxygen atoms in total. The Labute approximate surface area is 119 Å². The fraction of sp³-hybridized carbons (Fsp3) is 0.938. The van der Waals surface area contributed by atoms with Gasteiger partial charge in [-0.25, -0.2) is 0 Å². The van der Waals surface area contributed by atoms with Gasteiger partial charge in [0.2, 0.25) is 0 Å². The van der Waals surface area contributed by atoms with Gasteiger partial charge < -0.3 is 10.2 Å². The monoisotopic (exact) mass is 265 g/mol. The molecule has 1 aliphatic rings. The van der Waals surface area contributed by atoms with Crippen LogP contribution < -0.4 is 5.32 Å². The first-order valence-electron chi connectivity index (χ1n) is 7.82. The summed E-state index contributed by atoms with van der Waals surface area (Å²) in [5.74, 6) is 0.845.